The lowest BCUT2D eigenvalue weighted by atomic mass is 10.2. The van der Waals surface area contributed by atoms with Gasteiger partial charge in [-0.2, -0.15) is 0 Å². The molecule has 0 radical (unpaired) electrons. The SMILES string of the molecule is CCOc1cccc(C(=O)NC(=S)Nc2cccc(Cl)c2N2CCCC2)c1. The Morgan fingerprint density at radius 2 is 1.96 bits per heavy atom. The third-order valence-corrected chi connectivity index (χ3v) is 4.80. The Bertz CT molecular complexity index is 838. The molecule has 0 unspecified atom stereocenters. The number of nitrogens with one attached hydrogen (secondary N) is 2. The van der Waals surface area contributed by atoms with Crippen LogP contribution in [0.25, 0.3) is 0 Å². The topological polar surface area (TPSA) is 53.6 Å². The monoisotopic (exact) mass is 403 g/mol. The van der Waals surface area contributed by atoms with Gasteiger partial charge in [0.25, 0.3) is 5.91 Å². The minimum atomic E-state index is -0.293. The Morgan fingerprint density at radius 3 is 2.70 bits per heavy atom. The zero-order valence-corrected chi connectivity index (χ0v) is 16.7. The summed E-state index contributed by atoms with van der Waals surface area (Å²) in [7, 11) is 0. The molecule has 2 N–H and O–H groups in total. The molecule has 0 spiro atoms. The Kier molecular flexibility index (Phi) is 6.53. The van der Waals surface area contributed by atoms with Gasteiger partial charge in [-0.25, -0.2) is 0 Å². The molecule has 0 atom stereocenters. The summed E-state index contributed by atoms with van der Waals surface area (Å²) in [4.78, 5) is 14.7. The number of ether oxygens (including phenoxy) is 1. The average Bonchev–Trinajstić information content (AvgIpc) is 3.16. The van der Waals surface area contributed by atoms with Crippen molar-refractivity contribution in [2.75, 3.05) is 29.9 Å². The maximum absolute atomic E-state index is 12.5. The fourth-order valence-corrected chi connectivity index (χ4v) is 3.60. The smallest absolute Gasteiger partial charge is 0.257 e. The van der Waals surface area contributed by atoms with E-state index < -0.39 is 0 Å². The van der Waals surface area contributed by atoms with Crippen LogP contribution in [-0.4, -0.2) is 30.7 Å². The van der Waals surface area contributed by atoms with E-state index in [0.29, 0.717) is 22.9 Å². The molecule has 2 aromatic carbocycles. The highest BCUT2D eigenvalue weighted by Gasteiger charge is 2.19. The highest BCUT2D eigenvalue weighted by atomic mass is 35.5. The molecule has 2 aromatic rings. The number of carbonyl (C=O) groups excluding carboxylic acids is 1. The molecule has 1 fully saturated rings. The minimum absolute atomic E-state index is 0.226. The molecule has 0 bridgehead atoms. The summed E-state index contributed by atoms with van der Waals surface area (Å²) in [5, 5.41) is 6.72. The minimum Gasteiger partial charge on any atom is -0.494 e. The standard InChI is InChI=1S/C20H22ClN3O2S/c1-2-26-15-8-5-7-14(13-15)19(25)23-20(27)22-17-10-6-9-16(21)18(17)24-11-3-4-12-24/h5-10,13H,2-4,11-12H2,1H3,(H2,22,23,25,27). The summed E-state index contributed by atoms with van der Waals surface area (Å²) < 4.78 is 5.43. The number of halogens is 1. The number of amides is 1. The molecule has 7 heteroatoms. The lowest BCUT2D eigenvalue weighted by molar-refractivity contribution is 0.0977. The molecule has 27 heavy (non-hydrogen) atoms. The fourth-order valence-electron chi connectivity index (χ4n) is 3.10. The lowest BCUT2D eigenvalue weighted by Gasteiger charge is -2.23. The predicted octanol–water partition coefficient (Wildman–Crippen LogP) is 4.47. The molecular weight excluding hydrogens is 382 g/mol. The van der Waals surface area contributed by atoms with E-state index >= 15 is 0 Å². The molecule has 0 aliphatic carbocycles. The van der Waals surface area contributed by atoms with Crippen molar-refractivity contribution in [3.8, 4) is 5.75 Å². The number of para-hydroxylation sites is 1. The lowest BCUT2D eigenvalue weighted by Crippen LogP contribution is -2.34. The van der Waals surface area contributed by atoms with Crippen molar-refractivity contribution in [3.05, 3.63) is 53.1 Å². The Balaban J connectivity index is 1.70. The second-order valence-corrected chi connectivity index (χ2v) is 7.01. The largest absolute Gasteiger partial charge is 0.494 e. The summed E-state index contributed by atoms with van der Waals surface area (Å²) in [6.07, 6.45) is 2.28. The van der Waals surface area contributed by atoms with Crippen LogP contribution in [0, 0.1) is 0 Å². The van der Waals surface area contributed by atoms with E-state index in [1.165, 1.54) is 0 Å². The molecule has 1 saturated heterocycles. The van der Waals surface area contributed by atoms with Crippen LogP contribution >= 0.6 is 23.8 Å². The predicted molar refractivity (Wildman–Crippen MR) is 114 cm³/mol. The van der Waals surface area contributed by atoms with Crippen LogP contribution < -0.4 is 20.3 Å². The van der Waals surface area contributed by atoms with Crippen LogP contribution in [0.1, 0.15) is 30.1 Å². The van der Waals surface area contributed by atoms with Crippen LogP contribution in [0.5, 0.6) is 5.75 Å². The van der Waals surface area contributed by atoms with Crippen LogP contribution in [0.2, 0.25) is 5.02 Å². The highest BCUT2D eigenvalue weighted by Crippen LogP contribution is 2.35. The Morgan fingerprint density at radius 1 is 1.22 bits per heavy atom. The molecule has 1 aliphatic heterocycles. The first-order valence-corrected chi connectivity index (χ1v) is 9.75. The number of rotatable bonds is 5. The first-order chi connectivity index (χ1) is 13.1. The fraction of sp³-hybridized carbons (Fsp3) is 0.300. The highest BCUT2D eigenvalue weighted by molar-refractivity contribution is 7.80. The summed E-state index contributed by atoms with van der Waals surface area (Å²) in [6, 6.07) is 12.6. The number of carbonyl (C=O) groups is 1. The molecule has 0 aromatic heterocycles. The van der Waals surface area contributed by atoms with Crippen LogP contribution in [0.4, 0.5) is 11.4 Å². The van der Waals surface area contributed by atoms with Crippen molar-refractivity contribution < 1.29 is 9.53 Å². The summed E-state index contributed by atoms with van der Waals surface area (Å²) in [6.45, 7) is 4.36. The molecule has 1 aliphatic rings. The quantitative estimate of drug-likeness (QED) is 0.721. The van der Waals surface area contributed by atoms with Gasteiger partial charge in [0.15, 0.2) is 5.11 Å². The van der Waals surface area contributed by atoms with Gasteiger partial charge in [-0.05, 0) is 62.3 Å². The van der Waals surface area contributed by atoms with Gasteiger partial charge in [-0.3, -0.25) is 10.1 Å². The third-order valence-electron chi connectivity index (χ3n) is 4.29. The van der Waals surface area contributed by atoms with E-state index in [4.69, 9.17) is 28.6 Å². The van der Waals surface area contributed by atoms with Gasteiger partial charge in [-0.1, -0.05) is 23.7 Å². The van der Waals surface area contributed by atoms with E-state index in [-0.39, 0.29) is 11.0 Å². The summed E-state index contributed by atoms with van der Waals surface area (Å²) in [5.41, 5.74) is 2.19. The average molecular weight is 404 g/mol. The van der Waals surface area contributed by atoms with Crippen LogP contribution in [0.3, 0.4) is 0 Å². The van der Waals surface area contributed by atoms with Gasteiger partial charge in [0.1, 0.15) is 5.75 Å². The van der Waals surface area contributed by atoms with Crippen LogP contribution in [0.15, 0.2) is 42.5 Å². The van der Waals surface area contributed by atoms with E-state index in [2.05, 4.69) is 15.5 Å². The van der Waals surface area contributed by atoms with E-state index in [9.17, 15) is 4.79 Å². The van der Waals surface area contributed by atoms with Crippen LogP contribution in [-0.2, 0) is 0 Å². The molecule has 1 heterocycles. The van der Waals surface area contributed by atoms with Gasteiger partial charge >= 0.3 is 0 Å². The van der Waals surface area contributed by atoms with Crippen molar-refractivity contribution in [3.63, 3.8) is 0 Å². The number of anilines is 2. The molecule has 3 rings (SSSR count). The number of hydrogen-bond donors (Lipinski definition) is 2. The molecule has 0 saturated carbocycles. The van der Waals surface area contributed by atoms with Crippen molar-refractivity contribution in [1.29, 1.82) is 0 Å². The maximum Gasteiger partial charge on any atom is 0.257 e. The Hall–Kier alpha value is -2.31. The van der Waals surface area contributed by atoms with Gasteiger partial charge in [-0.15, -0.1) is 0 Å². The van der Waals surface area contributed by atoms with Crippen molar-refractivity contribution in [2.24, 2.45) is 0 Å². The summed E-state index contributed by atoms with van der Waals surface area (Å²) >= 11 is 11.8. The number of benzene rings is 2. The van der Waals surface area contributed by atoms with Crippen molar-refractivity contribution >= 4 is 46.2 Å². The second-order valence-electron chi connectivity index (χ2n) is 6.20. The number of hydrogen-bond acceptors (Lipinski definition) is 4. The second kappa shape index (κ2) is 9.06. The van der Waals surface area contributed by atoms with E-state index in [0.717, 1.165) is 37.3 Å². The van der Waals surface area contributed by atoms with Gasteiger partial charge in [0.05, 0.1) is 23.0 Å². The van der Waals surface area contributed by atoms with Gasteiger partial charge < -0.3 is 15.0 Å². The van der Waals surface area contributed by atoms with Crippen molar-refractivity contribution in [1.82, 2.24) is 5.32 Å². The number of thiocarbonyl (C=S) groups is 1. The maximum atomic E-state index is 12.5. The van der Waals surface area contributed by atoms with Gasteiger partial charge in [0.2, 0.25) is 0 Å². The molecular formula is C20H22ClN3O2S. The molecule has 142 valence electrons. The molecule has 5 nitrogen and oxygen atoms in total. The summed E-state index contributed by atoms with van der Waals surface area (Å²) in [5.74, 6) is 0.356. The van der Waals surface area contributed by atoms with Gasteiger partial charge in [0, 0.05) is 18.7 Å². The van der Waals surface area contributed by atoms with E-state index in [1.807, 2.05) is 31.2 Å². The number of nitrogens with zero attached hydrogens (tertiary/aromatic N) is 1. The third kappa shape index (κ3) is 4.90. The molecule has 1 amide bonds. The zero-order valence-electron chi connectivity index (χ0n) is 15.1. The zero-order chi connectivity index (χ0) is 19.2. The normalized spacial score (nSPS) is 13.3. The Labute approximate surface area is 169 Å². The van der Waals surface area contributed by atoms with E-state index in [1.54, 1.807) is 18.2 Å². The van der Waals surface area contributed by atoms with Crippen molar-refractivity contribution in [2.45, 2.75) is 19.8 Å². The first-order valence-electron chi connectivity index (χ1n) is 8.97. The first kappa shape index (κ1) is 19.5.